The zero-order chi connectivity index (χ0) is 35.2. The quantitative estimate of drug-likeness (QED) is 0.0227. The van der Waals surface area contributed by atoms with E-state index in [1.54, 1.807) is 6.08 Å². The van der Waals surface area contributed by atoms with Crippen LogP contribution in [-0.2, 0) is 28.6 Å². The Morgan fingerprint density at radius 2 is 0.958 bits per heavy atom. The van der Waals surface area contributed by atoms with Crippen LogP contribution in [0.2, 0.25) is 0 Å². The van der Waals surface area contributed by atoms with Crippen LogP contribution >= 0.6 is 0 Å². The Morgan fingerprint density at radius 1 is 0.479 bits per heavy atom. The van der Waals surface area contributed by atoms with Gasteiger partial charge in [0.25, 0.3) is 0 Å². The molecule has 6 heteroatoms. The SMILES string of the molecule is CC/C=C\C/C=C\C/C=C\CC(=O)OCC(COC(=O)CCCCC/C=C\C=C/CCCC)OC(=O)CCCCCCCCCCCC. The fourth-order valence-corrected chi connectivity index (χ4v) is 4.89. The highest BCUT2D eigenvalue weighted by Crippen LogP contribution is 2.12. The molecule has 0 saturated heterocycles. The van der Waals surface area contributed by atoms with Gasteiger partial charge in [-0.05, 0) is 51.4 Å². The number of carbonyl (C=O) groups excluding carboxylic acids is 3. The zero-order valence-electron chi connectivity index (χ0n) is 31.0. The van der Waals surface area contributed by atoms with Crippen molar-refractivity contribution in [1.29, 1.82) is 0 Å². The van der Waals surface area contributed by atoms with Crippen LogP contribution < -0.4 is 0 Å². The van der Waals surface area contributed by atoms with Crippen LogP contribution in [0.4, 0.5) is 0 Å². The maximum Gasteiger partial charge on any atom is 0.309 e. The van der Waals surface area contributed by atoms with E-state index in [9.17, 15) is 14.4 Å². The number of ether oxygens (including phenoxy) is 3. The number of hydrogen-bond acceptors (Lipinski definition) is 6. The van der Waals surface area contributed by atoms with Crippen LogP contribution in [0.5, 0.6) is 0 Å². The lowest BCUT2D eigenvalue weighted by atomic mass is 10.1. The van der Waals surface area contributed by atoms with Crippen LogP contribution in [0.25, 0.3) is 0 Å². The van der Waals surface area contributed by atoms with Gasteiger partial charge >= 0.3 is 17.9 Å². The van der Waals surface area contributed by atoms with Gasteiger partial charge in [0.1, 0.15) is 13.2 Å². The number of rotatable bonds is 33. The minimum absolute atomic E-state index is 0.115. The van der Waals surface area contributed by atoms with Gasteiger partial charge in [0.05, 0.1) is 6.42 Å². The topological polar surface area (TPSA) is 78.9 Å². The number of hydrogen-bond donors (Lipinski definition) is 0. The average Bonchev–Trinajstić information content (AvgIpc) is 3.08. The van der Waals surface area contributed by atoms with E-state index in [2.05, 4.69) is 69.4 Å². The van der Waals surface area contributed by atoms with Crippen LogP contribution in [0.15, 0.2) is 60.8 Å². The first kappa shape index (κ1) is 45.1. The lowest BCUT2D eigenvalue weighted by Gasteiger charge is -2.18. The molecule has 6 nitrogen and oxygen atoms in total. The molecule has 0 aromatic heterocycles. The van der Waals surface area contributed by atoms with E-state index < -0.39 is 12.1 Å². The molecule has 274 valence electrons. The molecule has 0 radical (unpaired) electrons. The Labute approximate surface area is 294 Å². The molecule has 0 N–H and O–H groups in total. The molecule has 0 spiro atoms. The van der Waals surface area contributed by atoms with E-state index >= 15 is 0 Å². The molecule has 0 aliphatic rings. The van der Waals surface area contributed by atoms with E-state index in [0.29, 0.717) is 12.8 Å². The second-order valence-electron chi connectivity index (χ2n) is 12.5. The molecule has 0 amide bonds. The van der Waals surface area contributed by atoms with Crippen LogP contribution in [0, 0.1) is 0 Å². The second kappa shape index (κ2) is 36.9. The Kier molecular flexibility index (Phi) is 34.7. The third-order valence-corrected chi connectivity index (χ3v) is 7.82. The van der Waals surface area contributed by atoms with E-state index in [4.69, 9.17) is 14.2 Å². The molecular formula is C42H70O6. The summed E-state index contributed by atoms with van der Waals surface area (Å²) in [6.45, 7) is 6.29. The standard InChI is InChI=1S/C42H70O6/c1-4-7-10-13-16-19-21-24-26-29-32-35-41(44)47-38-39(37-46-40(43)34-31-28-25-22-18-15-12-9-6-3)48-42(45)36-33-30-27-23-20-17-14-11-8-5-2/h9,12-13,16,18-19,21-22,28,31,39H,4-8,10-11,14-15,17,20,23-27,29-30,32-38H2,1-3H3/b12-9-,16-13-,21-19-,22-18-,31-28-. The molecule has 0 fully saturated rings. The minimum Gasteiger partial charge on any atom is -0.462 e. The first-order chi connectivity index (χ1) is 23.5. The van der Waals surface area contributed by atoms with Gasteiger partial charge in [-0.15, -0.1) is 0 Å². The highest BCUT2D eigenvalue weighted by molar-refractivity contribution is 5.72. The van der Waals surface area contributed by atoms with Crippen molar-refractivity contribution in [2.75, 3.05) is 13.2 Å². The van der Waals surface area contributed by atoms with Crippen LogP contribution in [0.3, 0.4) is 0 Å². The van der Waals surface area contributed by atoms with E-state index in [1.807, 2.05) is 6.08 Å². The summed E-state index contributed by atoms with van der Waals surface area (Å²) in [4.78, 5) is 37.3. The molecule has 0 aliphatic carbocycles. The molecule has 0 aromatic rings. The number of carbonyl (C=O) groups is 3. The lowest BCUT2D eigenvalue weighted by Crippen LogP contribution is -2.30. The summed E-state index contributed by atoms with van der Waals surface area (Å²) in [6.07, 6.45) is 42.4. The normalized spacial score (nSPS) is 12.6. The van der Waals surface area contributed by atoms with Gasteiger partial charge in [-0.3, -0.25) is 14.4 Å². The smallest absolute Gasteiger partial charge is 0.309 e. The third kappa shape index (κ3) is 34.4. The van der Waals surface area contributed by atoms with Crippen LogP contribution in [-0.4, -0.2) is 37.2 Å². The first-order valence-corrected chi connectivity index (χ1v) is 19.3. The first-order valence-electron chi connectivity index (χ1n) is 19.3. The number of unbranched alkanes of at least 4 members (excludes halogenated alkanes) is 14. The van der Waals surface area contributed by atoms with Crippen molar-refractivity contribution in [2.45, 2.75) is 175 Å². The van der Waals surface area contributed by atoms with Crippen molar-refractivity contribution in [3.05, 3.63) is 60.8 Å². The van der Waals surface area contributed by atoms with Crippen molar-refractivity contribution < 1.29 is 28.6 Å². The monoisotopic (exact) mass is 671 g/mol. The van der Waals surface area contributed by atoms with Gasteiger partial charge in [0.15, 0.2) is 6.10 Å². The number of esters is 3. The fourth-order valence-electron chi connectivity index (χ4n) is 4.89. The summed E-state index contributed by atoms with van der Waals surface area (Å²) in [5, 5.41) is 0. The Balaban J connectivity index is 4.52. The summed E-state index contributed by atoms with van der Waals surface area (Å²) < 4.78 is 16.4. The molecule has 1 unspecified atom stereocenters. The Morgan fingerprint density at radius 3 is 1.56 bits per heavy atom. The third-order valence-electron chi connectivity index (χ3n) is 7.82. The Hall–Kier alpha value is -2.89. The predicted molar refractivity (Wildman–Crippen MR) is 201 cm³/mol. The van der Waals surface area contributed by atoms with Crippen molar-refractivity contribution >= 4 is 17.9 Å². The maximum atomic E-state index is 12.6. The summed E-state index contributed by atoms with van der Waals surface area (Å²) in [6, 6.07) is 0. The molecular weight excluding hydrogens is 600 g/mol. The zero-order valence-corrected chi connectivity index (χ0v) is 31.0. The molecule has 0 rings (SSSR count). The highest BCUT2D eigenvalue weighted by Gasteiger charge is 2.19. The van der Waals surface area contributed by atoms with Gasteiger partial charge < -0.3 is 14.2 Å². The molecule has 48 heavy (non-hydrogen) atoms. The number of allylic oxidation sites excluding steroid dienone is 9. The predicted octanol–water partition coefficient (Wildman–Crippen LogP) is 11.8. The van der Waals surface area contributed by atoms with E-state index in [1.165, 1.54) is 57.8 Å². The molecule has 1 atom stereocenters. The summed E-state index contributed by atoms with van der Waals surface area (Å²) in [5.74, 6) is -1.08. The van der Waals surface area contributed by atoms with E-state index in [-0.39, 0.29) is 31.6 Å². The molecule has 0 aromatic carbocycles. The molecule has 0 saturated carbocycles. The van der Waals surface area contributed by atoms with Gasteiger partial charge in [-0.2, -0.15) is 0 Å². The maximum absolute atomic E-state index is 12.6. The van der Waals surface area contributed by atoms with Gasteiger partial charge in [0.2, 0.25) is 0 Å². The van der Waals surface area contributed by atoms with E-state index in [0.717, 1.165) is 70.6 Å². The lowest BCUT2D eigenvalue weighted by molar-refractivity contribution is -0.166. The molecule has 0 bridgehead atoms. The summed E-state index contributed by atoms with van der Waals surface area (Å²) >= 11 is 0. The van der Waals surface area contributed by atoms with Gasteiger partial charge in [-0.1, -0.05) is 159 Å². The van der Waals surface area contributed by atoms with Crippen molar-refractivity contribution in [2.24, 2.45) is 0 Å². The van der Waals surface area contributed by atoms with Crippen molar-refractivity contribution in [3.63, 3.8) is 0 Å². The largest absolute Gasteiger partial charge is 0.462 e. The van der Waals surface area contributed by atoms with Crippen molar-refractivity contribution in [1.82, 2.24) is 0 Å². The van der Waals surface area contributed by atoms with Gasteiger partial charge in [-0.25, -0.2) is 0 Å². The van der Waals surface area contributed by atoms with Crippen LogP contribution in [0.1, 0.15) is 168 Å². The average molecular weight is 671 g/mol. The van der Waals surface area contributed by atoms with Gasteiger partial charge in [0, 0.05) is 12.8 Å². The minimum atomic E-state index is -0.813. The second-order valence-corrected chi connectivity index (χ2v) is 12.5. The molecule has 0 heterocycles. The highest BCUT2D eigenvalue weighted by atomic mass is 16.6. The van der Waals surface area contributed by atoms with Crippen molar-refractivity contribution in [3.8, 4) is 0 Å². The summed E-state index contributed by atoms with van der Waals surface area (Å²) in [5.41, 5.74) is 0. The Bertz CT molecular complexity index is 913. The molecule has 0 aliphatic heterocycles. The summed E-state index contributed by atoms with van der Waals surface area (Å²) in [7, 11) is 0. The fraction of sp³-hybridized carbons (Fsp3) is 0.690.